The molecule has 0 unspecified atom stereocenters. The van der Waals surface area contributed by atoms with Crippen LogP contribution in [0.25, 0.3) is 55.7 Å². The summed E-state index contributed by atoms with van der Waals surface area (Å²) in [6.07, 6.45) is -14.9. The molecule has 0 fully saturated rings. The Hall–Kier alpha value is -6.51. The van der Waals surface area contributed by atoms with Crippen molar-refractivity contribution in [3.05, 3.63) is 209 Å². The van der Waals surface area contributed by atoms with Crippen LogP contribution in [0.3, 0.4) is 0 Å². The first-order valence-corrected chi connectivity index (χ1v) is 19.1. The van der Waals surface area contributed by atoms with Crippen LogP contribution >= 0.6 is 0 Å². The number of nitriles is 1. The molecule has 0 aliphatic heterocycles. The van der Waals surface area contributed by atoms with Gasteiger partial charge in [-0.3, -0.25) is 0 Å². The van der Waals surface area contributed by atoms with Gasteiger partial charge in [-0.1, -0.05) is 85.5 Å². The minimum absolute atomic E-state index is 0. The average Bonchev–Trinajstić information content (AvgIpc) is 3.76. The summed E-state index contributed by atoms with van der Waals surface area (Å²) < 4.78 is 136. The molecule has 0 amide bonds. The van der Waals surface area contributed by atoms with E-state index in [0.29, 0.717) is 38.9 Å². The largest absolute Gasteiger partial charge is 3.00 e. The minimum atomic E-state index is -3.17. The van der Waals surface area contributed by atoms with Gasteiger partial charge in [-0.2, -0.15) is 5.26 Å². The monoisotopic (exact) mass is 982 g/mol. The minimum Gasteiger partial charge on any atom is -0.500 e. The van der Waals surface area contributed by atoms with Crippen molar-refractivity contribution < 1.29 is 43.7 Å². The molecule has 4 aromatic heterocycles. The molecule has 0 bridgehead atoms. The van der Waals surface area contributed by atoms with Crippen LogP contribution in [-0.2, 0) is 58.3 Å². The molecule has 6 heteroatoms. The van der Waals surface area contributed by atoms with Crippen LogP contribution in [-0.4, -0.2) is 15.0 Å². The van der Waals surface area contributed by atoms with Gasteiger partial charge in [0.1, 0.15) is 5.58 Å². The van der Waals surface area contributed by atoms with E-state index in [1.54, 1.807) is 74.5 Å². The number of nitrogens with zero attached hydrogens (tertiary/aromatic N) is 4. The Bertz CT molecular complexity index is 3490. The van der Waals surface area contributed by atoms with Crippen molar-refractivity contribution in [3.8, 4) is 39.8 Å². The fraction of sp³-hybridized carbons (Fsp3) is 0.164. The van der Waals surface area contributed by atoms with Gasteiger partial charge in [0.15, 0.2) is 0 Å². The van der Waals surface area contributed by atoms with Crippen molar-refractivity contribution in [2.45, 2.75) is 58.0 Å². The van der Waals surface area contributed by atoms with Crippen molar-refractivity contribution in [1.29, 1.82) is 5.26 Å². The molecule has 0 aliphatic carbocycles. The third-order valence-corrected chi connectivity index (χ3v) is 9.64. The van der Waals surface area contributed by atoms with E-state index >= 15 is 0 Å². The van der Waals surface area contributed by atoms with Gasteiger partial charge >= 0.3 is 20.1 Å². The van der Waals surface area contributed by atoms with E-state index in [1.807, 2.05) is 6.07 Å². The van der Waals surface area contributed by atoms with E-state index < -0.39 is 60.8 Å². The van der Waals surface area contributed by atoms with Crippen LogP contribution in [0.1, 0.15) is 83.4 Å². The van der Waals surface area contributed by atoms with Gasteiger partial charge in [-0.25, -0.2) is 0 Å². The molecule has 0 aliphatic rings. The standard InChI is InChI=1S/C55H43N4O.Ir/c1-37(2)53-46(33-56)25-26-48-47-14-9-15-49(54(47)60-55(48)53)52-29-24-40(36-59-52)18-21-43-31-41(19-16-38-22-27-50(57-34-38)44-10-5-3-6-11-44)30-42(32-43)20-17-39-23-28-51(58-35-39)45-12-7-4-8-13-45;/h3-10,12,14,22-32,34-37H,16-21H2,1-2H3;/q-3;+3/i16D2,17D2,18D2,19D2,20D2,21D2,25D,37D;. The van der Waals surface area contributed by atoms with E-state index in [2.05, 4.69) is 33.2 Å². The van der Waals surface area contributed by atoms with Gasteiger partial charge in [0.25, 0.3) is 0 Å². The number of rotatable bonds is 13. The van der Waals surface area contributed by atoms with E-state index in [-0.39, 0.29) is 70.8 Å². The van der Waals surface area contributed by atoms with Crippen LogP contribution in [0.15, 0.2) is 150 Å². The summed E-state index contributed by atoms with van der Waals surface area (Å²) in [7, 11) is 0. The van der Waals surface area contributed by atoms with E-state index in [0.717, 1.165) is 36.8 Å². The Balaban J connectivity index is 0.00000747. The SMILES string of the molecule is [2H]c1cc2c(oc3c(-c4ccc(C([2H])([2H])C([2H])([2H])c5cc(C([2H])([2H])C([2H])([2H])c6ccc(-c7[c-]cccc7)nc6)cc(C([2H])([2H])C([2H])([2H])c6ccc(-c7[c-]cccc7)nc6)c5)cn4)[c-]ccc32)c(C([2H])(C)C)c1C#N.[Ir+3]. The summed E-state index contributed by atoms with van der Waals surface area (Å²) in [4.78, 5) is 13.2. The molecule has 5 nitrogen and oxygen atoms in total. The number of furan rings is 1. The van der Waals surface area contributed by atoms with Crippen molar-refractivity contribution in [1.82, 2.24) is 15.0 Å². The van der Waals surface area contributed by atoms with Gasteiger partial charge in [0.05, 0.1) is 18.6 Å². The summed E-state index contributed by atoms with van der Waals surface area (Å²) >= 11 is 0. The fourth-order valence-corrected chi connectivity index (χ4v) is 6.75. The van der Waals surface area contributed by atoms with Crippen molar-refractivity contribution in [2.75, 3.05) is 0 Å². The van der Waals surface area contributed by atoms with Crippen LogP contribution in [0, 0.1) is 29.5 Å². The smallest absolute Gasteiger partial charge is 0.500 e. The maximum Gasteiger partial charge on any atom is 3.00 e. The van der Waals surface area contributed by atoms with Crippen molar-refractivity contribution in [3.63, 3.8) is 0 Å². The number of hydrogen-bond donors (Lipinski definition) is 0. The molecule has 0 saturated carbocycles. The third-order valence-electron chi connectivity index (χ3n) is 9.64. The van der Waals surface area contributed by atoms with Gasteiger partial charge in [0, 0.05) is 47.4 Å². The quantitative estimate of drug-likeness (QED) is 0.108. The zero-order chi connectivity index (χ0) is 53.4. The zero-order valence-electron chi connectivity index (χ0n) is 46.8. The zero-order valence-corrected chi connectivity index (χ0v) is 35.2. The van der Waals surface area contributed by atoms with E-state index in [1.165, 1.54) is 42.5 Å². The summed E-state index contributed by atoms with van der Waals surface area (Å²) in [6, 6.07) is 41.1. The maximum absolute atomic E-state index is 9.94. The van der Waals surface area contributed by atoms with E-state index in [4.69, 9.17) is 7.16 Å². The Morgan fingerprint density at radius 1 is 0.607 bits per heavy atom. The summed E-state index contributed by atoms with van der Waals surface area (Å²) in [6.45, 7) is 3.17. The molecule has 4 heterocycles. The molecule has 0 radical (unpaired) electrons. The van der Waals surface area contributed by atoms with E-state index in [9.17, 15) is 21.7 Å². The second-order valence-corrected chi connectivity index (χ2v) is 14.0. The topological polar surface area (TPSA) is 75.6 Å². The first-order chi connectivity index (χ1) is 34.7. The predicted octanol–water partition coefficient (Wildman–Crippen LogP) is 12.5. The normalized spacial score (nSPS) is 16.1. The number of aryl methyl sites for hydroxylation is 6. The van der Waals surface area contributed by atoms with Crippen molar-refractivity contribution >= 4 is 21.9 Å². The van der Waals surface area contributed by atoms with Gasteiger partial charge in [-0.05, 0) is 101 Å². The number of benzene rings is 5. The molecule has 0 saturated heterocycles. The summed E-state index contributed by atoms with van der Waals surface area (Å²) in [5.41, 5.74) is 0.734. The number of aromatic nitrogens is 3. The van der Waals surface area contributed by atoms with Crippen LogP contribution in [0.2, 0.25) is 0 Å². The maximum atomic E-state index is 9.94. The van der Waals surface area contributed by atoms with Crippen LogP contribution in [0.4, 0.5) is 0 Å². The second kappa shape index (κ2) is 18.8. The summed E-state index contributed by atoms with van der Waals surface area (Å²) in [5.74, 6) is -1.33. The molecular weight excluding hydrogens is 925 g/mol. The average molecular weight is 982 g/mol. The Labute approximate surface area is 391 Å². The second-order valence-electron chi connectivity index (χ2n) is 14.0. The molecule has 298 valence electrons. The Morgan fingerprint density at radius 2 is 1.10 bits per heavy atom. The molecule has 9 rings (SSSR count). The third kappa shape index (κ3) is 9.30. The van der Waals surface area contributed by atoms with Crippen LogP contribution < -0.4 is 0 Å². The molecular formula is C55H43IrN4O. The first-order valence-electron chi connectivity index (χ1n) is 26.1. The van der Waals surface area contributed by atoms with Crippen molar-refractivity contribution in [2.24, 2.45) is 0 Å². The van der Waals surface area contributed by atoms with Gasteiger partial charge in [-0.15, -0.1) is 90.0 Å². The predicted molar refractivity (Wildman–Crippen MR) is 240 cm³/mol. The number of fused-ring (bicyclic) bond motifs is 3. The molecule has 61 heavy (non-hydrogen) atoms. The fourth-order valence-electron chi connectivity index (χ4n) is 6.75. The Morgan fingerprint density at radius 3 is 1.54 bits per heavy atom. The molecule has 5 aromatic carbocycles. The Kier molecular flexibility index (Phi) is 8.44. The number of hydrogen-bond acceptors (Lipinski definition) is 5. The van der Waals surface area contributed by atoms with Gasteiger partial charge in [0.2, 0.25) is 0 Å². The molecule has 0 atom stereocenters. The summed E-state index contributed by atoms with van der Waals surface area (Å²) in [5, 5.41) is 11.0. The van der Waals surface area contributed by atoms with Gasteiger partial charge < -0.3 is 19.4 Å². The first kappa shape index (κ1) is 27.4. The number of pyridine rings is 3. The van der Waals surface area contributed by atoms with Crippen LogP contribution in [0.5, 0.6) is 0 Å². The molecule has 9 aromatic rings. The molecule has 0 N–H and O–H groups in total. The molecule has 0 spiro atoms.